The van der Waals surface area contributed by atoms with Crippen LogP contribution in [0.25, 0.3) is 21.5 Å². The summed E-state index contributed by atoms with van der Waals surface area (Å²) in [5, 5.41) is 10.8. The fraction of sp³-hybridized carbons (Fsp3) is 0.167. The monoisotopic (exact) mass is 368 g/mol. The summed E-state index contributed by atoms with van der Waals surface area (Å²) in [5.41, 5.74) is 4.06. The number of nitrogens with zero attached hydrogens (tertiary/aromatic N) is 3. The number of nitrogens with one attached hydrogen (secondary N) is 1. The van der Waals surface area contributed by atoms with Crippen LogP contribution in [0, 0.1) is 13.8 Å². The quantitative estimate of drug-likeness (QED) is 0.574. The van der Waals surface area contributed by atoms with E-state index in [2.05, 4.69) is 34.5 Å². The summed E-state index contributed by atoms with van der Waals surface area (Å²) in [6.45, 7) is 4.00. The smallest absolute Gasteiger partial charge is 0.267 e. The third kappa shape index (κ3) is 2.96. The number of benzene rings is 1. The fourth-order valence-corrected chi connectivity index (χ4v) is 4.40. The molecule has 0 aliphatic carbocycles. The molecule has 0 spiro atoms. The molecule has 0 atom stereocenters. The molecule has 0 unspecified atom stereocenters. The lowest BCUT2D eigenvalue weighted by Gasteiger charge is -1.99. The van der Waals surface area contributed by atoms with Crippen molar-refractivity contribution in [3.05, 3.63) is 51.8 Å². The van der Waals surface area contributed by atoms with Crippen molar-refractivity contribution < 1.29 is 4.79 Å². The van der Waals surface area contributed by atoms with E-state index < -0.39 is 0 Å². The number of amides is 1. The second-order valence-corrected chi connectivity index (χ2v) is 7.79. The minimum atomic E-state index is -0.134. The molecule has 25 heavy (non-hydrogen) atoms. The molecule has 1 N–H and O–H groups in total. The van der Waals surface area contributed by atoms with Crippen LogP contribution in [0.3, 0.4) is 0 Å². The number of thiazole rings is 1. The summed E-state index contributed by atoms with van der Waals surface area (Å²) in [4.78, 5) is 18.7. The van der Waals surface area contributed by atoms with Crippen LogP contribution in [0.4, 0.5) is 5.13 Å². The van der Waals surface area contributed by atoms with Gasteiger partial charge >= 0.3 is 0 Å². The van der Waals surface area contributed by atoms with Crippen molar-refractivity contribution in [2.45, 2.75) is 13.8 Å². The van der Waals surface area contributed by atoms with Crippen LogP contribution >= 0.6 is 22.7 Å². The highest BCUT2D eigenvalue weighted by atomic mass is 32.1. The Morgan fingerprint density at radius 2 is 1.96 bits per heavy atom. The molecule has 4 rings (SSSR count). The van der Waals surface area contributed by atoms with Gasteiger partial charge in [-0.2, -0.15) is 5.10 Å². The minimum Gasteiger partial charge on any atom is -0.297 e. The molecule has 4 aromatic rings. The van der Waals surface area contributed by atoms with Gasteiger partial charge in [-0.15, -0.1) is 22.7 Å². The zero-order valence-electron chi connectivity index (χ0n) is 14.0. The van der Waals surface area contributed by atoms with E-state index >= 15 is 0 Å². The average molecular weight is 368 g/mol. The van der Waals surface area contributed by atoms with Crippen molar-refractivity contribution in [1.29, 1.82) is 0 Å². The molecule has 126 valence electrons. The van der Waals surface area contributed by atoms with Gasteiger partial charge in [-0.05, 0) is 19.9 Å². The number of anilines is 1. The Bertz CT molecular complexity index is 1040. The first-order chi connectivity index (χ1) is 12.0. The van der Waals surface area contributed by atoms with E-state index in [1.807, 2.05) is 42.2 Å². The predicted molar refractivity (Wildman–Crippen MR) is 104 cm³/mol. The maximum atomic E-state index is 12.5. The first-order valence-corrected chi connectivity index (χ1v) is 9.48. The van der Waals surface area contributed by atoms with Gasteiger partial charge in [0, 0.05) is 23.4 Å². The lowest BCUT2D eigenvalue weighted by molar-refractivity contribution is 0.103. The molecule has 5 nitrogen and oxygen atoms in total. The van der Waals surface area contributed by atoms with Crippen LogP contribution in [-0.4, -0.2) is 20.7 Å². The first kappa shape index (κ1) is 16.0. The summed E-state index contributed by atoms with van der Waals surface area (Å²) >= 11 is 2.87. The number of hydrogen-bond acceptors (Lipinski definition) is 5. The lowest BCUT2D eigenvalue weighted by Crippen LogP contribution is -2.09. The van der Waals surface area contributed by atoms with Gasteiger partial charge in [-0.3, -0.25) is 14.8 Å². The van der Waals surface area contributed by atoms with E-state index in [0.717, 1.165) is 27.2 Å². The molecular formula is C18H16N4OS2. The molecule has 0 fully saturated rings. The Morgan fingerprint density at radius 1 is 1.20 bits per heavy atom. The van der Waals surface area contributed by atoms with Crippen LogP contribution in [0.2, 0.25) is 0 Å². The van der Waals surface area contributed by atoms with Gasteiger partial charge in [0.1, 0.15) is 4.83 Å². The lowest BCUT2D eigenvalue weighted by atomic mass is 10.1. The van der Waals surface area contributed by atoms with E-state index in [0.29, 0.717) is 10.0 Å². The zero-order valence-corrected chi connectivity index (χ0v) is 15.7. The molecule has 7 heteroatoms. The molecular weight excluding hydrogens is 352 g/mol. The number of carbonyl (C=O) groups excluding carboxylic acids is 1. The molecule has 0 saturated carbocycles. The predicted octanol–water partition coefficient (Wildman–Crippen LogP) is 4.63. The summed E-state index contributed by atoms with van der Waals surface area (Å²) in [6, 6.07) is 10.1. The van der Waals surface area contributed by atoms with Crippen LogP contribution < -0.4 is 5.32 Å². The largest absolute Gasteiger partial charge is 0.297 e. The number of aromatic nitrogens is 3. The third-order valence-electron chi connectivity index (χ3n) is 3.99. The molecule has 0 aliphatic heterocycles. The van der Waals surface area contributed by atoms with Crippen LogP contribution in [0.15, 0.2) is 35.7 Å². The summed E-state index contributed by atoms with van der Waals surface area (Å²) in [6.07, 6.45) is 0. The number of rotatable bonds is 3. The van der Waals surface area contributed by atoms with E-state index in [1.165, 1.54) is 28.2 Å². The maximum absolute atomic E-state index is 12.5. The SMILES string of the molecule is Cc1ccc(-c2csc(NC(=O)c3cc4c(C)nn(C)c4s3)n2)cc1. The maximum Gasteiger partial charge on any atom is 0.267 e. The molecule has 0 aliphatic rings. The van der Waals surface area contributed by atoms with Crippen molar-refractivity contribution in [2.75, 3.05) is 5.32 Å². The summed E-state index contributed by atoms with van der Waals surface area (Å²) in [7, 11) is 1.89. The Balaban J connectivity index is 1.56. The standard InChI is InChI=1S/C18H16N4OS2/c1-10-4-6-12(7-5-10)14-9-24-18(19-14)20-16(23)15-8-13-11(2)21-22(3)17(13)25-15/h4-9H,1-3H3,(H,19,20,23). The van der Waals surface area contributed by atoms with Crippen molar-refractivity contribution in [3.63, 3.8) is 0 Å². The molecule has 0 radical (unpaired) electrons. The Labute approximate surface area is 153 Å². The van der Waals surface area contributed by atoms with Crippen LogP contribution in [0.1, 0.15) is 20.9 Å². The zero-order chi connectivity index (χ0) is 17.6. The minimum absolute atomic E-state index is 0.134. The number of aryl methyl sites for hydroxylation is 3. The van der Waals surface area contributed by atoms with E-state index in [4.69, 9.17) is 0 Å². The number of fused-ring (bicyclic) bond motifs is 1. The molecule has 3 heterocycles. The van der Waals surface area contributed by atoms with Crippen LogP contribution in [0.5, 0.6) is 0 Å². The van der Waals surface area contributed by atoms with Crippen molar-refractivity contribution in [1.82, 2.24) is 14.8 Å². The van der Waals surface area contributed by atoms with Gasteiger partial charge in [0.15, 0.2) is 5.13 Å². The van der Waals surface area contributed by atoms with Gasteiger partial charge in [0.2, 0.25) is 0 Å². The highest BCUT2D eigenvalue weighted by Crippen LogP contribution is 2.29. The summed E-state index contributed by atoms with van der Waals surface area (Å²) in [5.74, 6) is -0.134. The first-order valence-electron chi connectivity index (χ1n) is 7.78. The number of carbonyl (C=O) groups is 1. The Morgan fingerprint density at radius 3 is 2.68 bits per heavy atom. The highest BCUT2D eigenvalue weighted by molar-refractivity contribution is 7.20. The average Bonchev–Trinajstić information content (AvgIpc) is 3.27. The molecule has 1 aromatic carbocycles. The van der Waals surface area contributed by atoms with Crippen molar-refractivity contribution >= 4 is 43.9 Å². The molecule has 3 aromatic heterocycles. The fourth-order valence-electron chi connectivity index (χ4n) is 2.66. The Hall–Kier alpha value is -2.51. The van der Waals surface area contributed by atoms with Crippen molar-refractivity contribution in [3.8, 4) is 11.3 Å². The van der Waals surface area contributed by atoms with E-state index in [9.17, 15) is 4.79 Å². The van der Waals surface area contributed by atoms with E-state index in [1.54, 1.807) is 0 Å². The topological polar surface area (TPSA) is 59.8 Å². The van der Waals surface area contributed by atoms with Gasteiger partial charge in [-0.25, -0.2) is 4.98 Å². The number of thiophene rings is 1. The third-order valence-corrected chi connectivity index (χ3v) is 5.95. The molecule has 1 amide bonds. The van der Waals surface area contributed by atoms with E-state index in [-0.39, 0.29) is 5.91 Å². The second-order valence-electron chi connectivity index (χ2n) is 5.90. The van der Waals surface area contributed by atoms with Crippen molar-refractivity contribution in [2.24, 2.45) is 7.05 Å². The second kappa shape index (κ2) is 6.09. The van der Waals surface area contributed by atoms with Gasteiger partial charge in [0.05, 0.1) is 16.3 Å². The highest BCUT2D eigenvalue weighted by Gasteiger charge is 2.16. The van der Waals surface area contributed by atoms with Gasteiger partial charge in [-0.1, -0.05) is 29.8 Å². The van der Waals surface area contributed by atoms with Gasteiger partial charge in [0.25, 0.3) is 5.91 Å². The molecule has 0 bridgehead atoms. The van der Waals surface area contributed by atoms with Crippen LogP contribution in [-0.2, 0) is 7.05 Å². The normalized spacial score (nSPS) is 11.2. The molecule has 0 saturated heterocycles. The Kier molecular flexibility index (Phi) is 3.89. The number of hydrogen-bond donors (Lipinski definition) is 1. The van der Waals surface area contributed by atoms with Gasteiger partial charge < -0.3 is 0 Å². The summed E-state index contributed by atoms with van der Waals surface area (Å²) < 4.78 is 1.81.